The molecule has 4 rings (SSSR count). The molecular formula is C22H26F3N3O3. The van der Waals surface area contributed by atoms with Crippen LogP contribution in [0.2, 0.25) is 0 Å². The summed E-state index contributed by atoms with van der Waals surface area (Å²) in [5.74, 6) is 1.58. The van der Waals surface area contributed by atoms with Crippen LogP contribution in [0.15, 0.2) is 34.9 Å². The average molecular weight is 437 g/mol. The second kappa shape index (κ2) is 8.53. The molecule has 9 heteroatoms. The molecular weight excluding hydrogens is 411 g/mol. The van der Waals surface area contributed by atoms with Gasteiger partial charge in [0.25, 0.3) is 5.91 Å². The van der Waals surface area contributed by atoms with Gasteiger partial charge >= 0.3 is 6.36 Å². The fourth-order valence-corrected chi connectivity index (χ4v) is 4.54. The van der Waals surface area contributed by atoms with Crippen LogP contribution in [0.4, 0.5) is 13.2 Å². The van der Waals surface area contributed by atoms with Crippen LogP contribution in [0, 0.1) is 17.8 Å². The largest absolute Gasteiger partial charge is 0.573 e. The molecule has 0 N–H and O–H groups in total. The van der Waals surface area contributed by atoms with Crippen LogP contribution < -0.4 is 4.74 Å². The highest BCUT2D eigenvalue weighted by Gasteiger charge is 2.55. The summed E-state index contributed by atoms with van der Waals surface area (Å²) in [4.78, 5) is 17.3. The van der Waals surface area contributed by atoms with E-state index in [4.69, 9.17) is 4.52 Å². The second-order valence-electron chi connectivity index (χ2n) is 8.26. The molecule has 31 heavy (non-hydrogen) atoms. The summed E-state index contributed by atoms with van der Waals surface area (Å²) in [5, 5.41) is 3.89. The maximum absolute atomic E-state index is 13.2. The summed E-state index contributed by atoms with van der Waals surface area (Å²) in [6.07, 6.45) is -4.14. The van der Waals surface area contributed by atoms with Crippen molar-refractivity contribution >= 4 is 5.91 Å². The zero-order valence-corrected chi connectivity index (χ0v) is 17.6. The highest BCUT2D eigenvalue weighted by molar-refractivity contribution is 5.92. The third kappa shape index (κ3) is 5.03. The van der Waals surface area contributed by atoms with Gasteiger partial charge < -0.3 is 19.1 Å². The lowest BCUT2D eigenvalue weighted by molar-refractivity contribution is -0.274. The lowest BCUT2D eigenvalue weighted by atomic mass is 10.1. The van der Waals surface area contributed by atoms with Crippen molar-refractivity contribution in [2.75, 3.05) is 26.2 Å². The van der Waals surface area contributed by atoms with E-state index >= 15 is 0 Å². The van der Waals surface area contributed by atoms with Crippen LogP contribution in [0.25, 0.3) is 0 Å². The minimum Gasteiger partial charge on any atom is -0.406 e. The van der Waals surface area contributed by atoms with Crippen LogP contribution in [0.3, 0.4) is 0 Å². The van der Waals surface area contributed by atoms with Gasteiger partial charge in [-0.3, -0.25) is 4.79 Å². The number of amides is 1. The number of benzene rings is 1. The zero-order valence-electron chi connectivity index (χ0n) is 17.6. The zero-order chi connectivity index (χ0) is 22.2. The first kappa shape index (κ1) is 21.7. The van der Waals surface area contributed by atoms with Crippen molar-refractivity contribution in [1.29, 1.82) is 0 Å². The number of fused-ring (bicyclic) bond motifs is 1. The van der Waals surface area contributed by atoms with Gasteiger partial charge in [-0.15, -0.1) is 13.2 Å². The predicted octanol–water partition coefficient (Wildman–Crippen LogP) is 3.98. The molecule has 2 fully saturated rings. The third-order valence-electron chi connectivity index (χ3n) is 6.24. The molecule has 2 aromatic rings. The quantitative estimate of drug-likeness (QED) is 0.625. The standard InChI is InChI=1S/C22H26F3N3O3/c1-3-15-9-20(26-31-15)21(29)28(13-19-17-11-27(4-2)12-18(17)19)10-14-6-5-7-16(8-14)30-22(23,24)25/h5-9,17-19H,3-4,10-13H2,1-2H3. The first-order valence-electron chi connectivity index (χ1n) is 10.6. The Kier molecular flexibility index (Phi) is 5.96. The molecule has 6 nitrogen and oxygen atoms in total. The van der Waals surface area contributed by atoms with E-state index in [2.05, 4.69) is 21.7 Å². The first-order chi connectivity index (χ1) is 14.8. The molecule has 168 valence electrons. The number of likely N-dealkylation sites (tertiary alicyclic amines) is 1. The fourth-order valence-electron chi connectivity index (χ4n) is 4.54. The molecule has 1 saturated heterocycles. The smallest absolute Gasteiger partial charge is 0.406 e. The summed E-state index contributed by atoms with van der Waals surface area (Å²) in [6.45, 7) is 7.86. The van der Waals surface area contributed by atoms with E-state index in [1.807, 2.05) is 6.92 Å². The van der Waals surface area contributed by atoms with Gasteiger partial charge in [-0.1, -0.05) is 31.1 Å². The van der Waals surface area contributed by atoms with Crippen LogP contribution in [-0.4, -0.2) is 53.4 Å². The molecule has 1 aliphatic heterocycles. The third-order valence-corrected chi connectivity index (χ3v) is 6.24. The Bertz CT molecular complexity index is 918. The van der Waals surface area contributed by atoms with Gasteiger partial charge in [0.05, 0.1) is 0 Å². The molecule has 0 bridgehead atoms. The minimum atomic E-state index is -4.76. The Labute approximate surface area is 178 Å². The van der Waals surface area contributed by atoms with Crippen molar-refractivity contribution in [3.05, 3.63) is 47.3 Å². The van der Waals surface area contributed by atoms with Gasteiger partial charge in [-0.05, 0) is 42.0 Å². The molecule has 0 radical (unpaired) electrons. The molecule has 2 atom stereocenters. The van der Waals surface area contributed by atoms with Crippen molar-refractivity contribution in [2.24, 2.45) is 17.8 Å². The number of piperidine rings is 1. The molecule has 1 aliphatic carbocycles. The topological polar surface area (TPSA) is 58.8 Å². The molecule has 1 aromatic carbocycles. The summed E-state index contributed by atoms with van der Waals surface area (Å²) in [7, 11) is 0. The number of alkyl halides is 3. The van der Waals surface area contributed by atoms with E-state index in [0.717, 1.165) is 19.6 Å². The number of carbonyl (C=O) groups excluding carboxylic acids is 1. The van der Waals surface area contributed by atoms with Gasteiger partial charge in [0.1, 0.15) is 11.5 Å². The SMILES string of the molecule is CCc1cc(C(=O)N(Cc2cccc(OC(F)(F)F)c2)CC2C3CN(CC)CC32)no1. The number of hydrogen-bond acceptors (Lipinski definition) is 5. The van der Waals surface area contributed by atoms with E-state index in [9.17, 15) is 18.0 Å². The molecule has 2 heterocycles. The van der Waals surface area contributed by atoms with Gasteiger partial charge in [-0.2, -0.15) is 0 Å². The number of halogens is 3. The first-order valence-corrected chi connectivity index (χ1v) is 10.6. The van der Waals surface area contributed by atoms with Crippen molar-refractivity contribution in [1.82, 2.24) is 15.0 Å². The fraction of sp³-hybridized carbons (Fsp3) is 0.545. The Hall–Kier alpha value is -2.55. The van der Waals surface area contributed by atoms with Gasteiger partial charge in [-0.25, -0.2) is 0 Å². The number of aromatic nitrogens is 1. The molecule has 2 aliphatic rings. The number of nitrogens with zero attached hydrogens (tertiary/aromatic N) is 3. The Morgan fingerprint density at radius 1 is 1.26 bits per heavy atom. The molecule has 0 spiro atoms. The van der Waals surface area contributed by atoms with E-state index in [1.54, 1.807) is 17.0 Å². The van der Waals surface area contributed by atoms with Gasteiger partial charge in [0, 0.05) is 38.7 Å². The minimum absolute atomic E-state index is 0.176. The van der Waals surface area contributed by atoms with Gasteiger partial charge in [0.2, 0.25) is 0 Å². The van der Waals surface area contributed by atoms with Crippen LogP contribution >= 0.6 is 0 Å². The average Bonchev–Trinajstić information content (AvgIpc) is 3.10. The van der Waals surface area contributed by atoms with Crippen LogP contribution in [0.1, 0.15) is 35.7 Å². The van der Waals surface area contributed by atoms with E-state index in [-0.39, 0.29) is 23.9 Å². The molecule has 1 amide bonds. The summed E-state index contributed by atoms with van der Waals surface area (Å²) in [5.41, 5.74) is 0.788. The normalized spacial score (nSPS) is 22.9. The predicted molar refractivity (Wildman–Crippen MR) is 106 cm³/mol. The Morgan fingerprint density at radius 3 is 2.61 bits per heavy atom. The lowest BCUT2D eigenvalue weighted by Gasteiger charge is -2.24. The summed E-state index contributed by atoms with van der Waals surface area (Å²) < 4.78 is 47.0. The number of rotatable bonds is 8. The maximum Gasteiger partial charge on any atom is 0.573 e. The van der Waals surface area contributed by atoms with Crippen LogP contribution in [0.5, 0.6) is 5.75 Å². The van der Waals surface area contributed by atoms with Crippen molar-refractivity contribution < 1.29 is 27.2 Å². The van der Waals surface area contributed by atoms with E-state index in [1.165, 1.54) is 18.2 Å². The number of aryl methyl sites for hydroxylation is 1. The highest BCUT2D eigenvalue weighted by atomic mass is 19.4. The highest BCUT2D eigenvalue weighted by Crippen LogP contribution is 2.52. The van der Waals surface area contributed by atoms with Crippen molar-refractivity contribution in [3.63, 3.8) is 0 Å². The number of carbonyl (C=O) groups is 1. The van der Waals surface area contributed by atoms with E-state index < -0.39 is 6.36 Å². The molecule has 1 saturated carbocycles. The number of ether oxygens (including phenoxy) is 1. The van der Waals surface area contributed by atoms with Gasteiger partial charge in [0.15, 0.2) is 5.69 Å². The number of hydrogen-bond donors (Lipinski definition) is 0. The van der Waals surface area contributed by atoms with Crippen LogP contribution in [-0.2, 0) is 13.0 Å². The monoisotopic (exact) mass is 437 g/mol. The summed E-state index contributed by atoms with van der Waals surface area (Å²) >= 11 is 0. The Morgan fingerprint density at radius 2 is 2.00 bits per heavy atom. The van der Waals surface area contributed by atoms with Crippen molar-refractivity contribution in [2.45, 2.75) is 33.2 Å². The summed E-state index contributed by atoms with van der Waals surface area (Å²) in [6, 6.07) is 7.39. The second-order valence-corrected chi connectivity index (χ2v) is 8.26. The molecule has 2 unspecified atom stereocenters. The Balaban J connectivity index is 1.50. The lowest BCUT2D eigenvalue weighted by Crippen LogP contribution is -2.35. The van der Waals surface area contributed by atoms with Crippen molar-refractivity contribution in [3.8, 4) is 5.75 Å². The van der Waals surface area contributed by atoms with E-state index in [0.29, 0.717) is 42.0 Å². The molecule has 1 aromatic heterocycles. The maximum atomic E-state index is 13.2.